The molecule has 0 aliphatic heterocycles. The van der Waals surface area contributed by atoms with Crippen LogP contribution in [0.25, 0.3) is 0 Å². The standard InChI is InChI=1S/C11H16O/c1-8-5-6-11(2)9(7-8)3-4-10(11)12/h3-4,8-9H,5-7H2,1-2H3/t8-,9-,11-/m0/s1. The molecule has 0 spiro atoms. The molecule has 0 unspecified atom stereocenters. The highest BCUT2D eigenvalue weighted by molar-refractivity contribution is 5.97. The molecule has 1 saturated carbocycles. The van der Waals surface area contributed by atoms with Crippen molar-refractivity contribution in [3.63, 3.8) is 0 Å². The van der Waals surface area contributed by atoms with E-state index in [0.717, 1.165) is 12.3 Å². The second kappa shape index (κ2) is 2.45. The summed E-state index contributed by atoms with van der Waals surface area (Å²) in [5, 5.41) is 0. The van der Waals surface area contributed by atoms with Crippen LogP contribution in [0.15, 0.2) is 12.2 Å². The van der Waals surface area contributed by atoms with Crippen LogP contribution in [0.2, 0.25) is 0 Å². The molecule has 0 amide bonds. The molecule has 0 bridgehead atoms. The van der Waals surface area contributed by atoms with Gasteiger partial charge in [0.25, 0.3) is 0 Å². The first kappa shape index (κ1) is 8.03. The third-order valence-corrected chi connectivity index (χ3v) is 3.67. The predicted octanol–water partition coefficient (Wildman–Crippen LogP) is 2.57. The number of hydrogen-bond donors (Lipinski definition) is 0. The highest BCUT2D eigenvalue weighted by Gasteiger charge is 2.45. The van der Waals surface area contributed by atoms with E-state index in [0.29, 0.717) is 11.7 Å². The maximum Gasteiger partial charge on any atom is 0.161 e. The highest BCUT2D eigenvalue weighted by Crippen LogP contribution is 2.47. The van der Waals surface area contributed by atoms with E-state index in [2.05, 4.69) is 19.9 Å². The summed E-state index contributed by atoms with van der Waals surface area (Å²) in [6.07, 6.45) is 7.44. The third kappa shape index (κ3) is 0.954. The Hall–Kier alpha value is -0.590. The average Bonchev–Trinajstić information content (AvgIpc) is 2.31. The van der Waals surface area contributed by atoms with Gasteiger partial charge in [-0.2, -0.15) is 0 Å². The first-order valence-corrected chi connectivity index (χ1v) is 4.85. The van der Waals surface area contributed by atoms with E-state index in [4.69, 9.17) is 0 Å². The molecule has 1 heteroatoms. The third-order valence-electron chi connectivity index (χ3n) is 3.67. The van der Waals surface area contributed by atoms with Crippen LogP contribution in [-0.2, 0) is 4.79 Å². The van der Waals surface area contributed by atoms with Gasteiger partial charge in [0.1, 0.15) is 0 Å². The van der Waals surface area contributed by atoms with Crippen LogP contribution in [0.1, 0.15) is 33.1 Å². The zero-order valence-corrected chi connectivity index (χ0v) is 7.84. The molecule has 2 rings (SSSR count). The molecule has 0 saturated heterocycles. The minimum Gasteiger partial charge on any atom is -0.294 e. The molecule has 2 aliphatic carbocycles. The van der Waals surface area contributed by atoms with E-state index < -0.39 is 0 Å². The number of allylic oxidation sites excluding steroid dienone is 2. The summed E-state index contributed by atoms with van der Waals surface area (Å²) in [4.78, 5) is 11.6. The van der Waals surface area contributed by atoms with Gasteiger partial charge in [-0.25, -0.2) is 0 Å². The van der Waals surface area contributed by atoms with Gasteiger partial charge in [0.05, 0.1) is 0 Å². The summed E-state index contributed by atoms with van der Waals surface area (Å²) >= 11 is 0. The largest absolute Gasteiger partial charge is 0.294 e. The fraction of sp³-hybridized carbons (Fsp3) is 0.727. The van der Waals surface area contributed by atoms with Gasteiger partial charge in [-0.1, -0.05) is 19.9 Å². The van der Waals surface area contributed by atoms with Crippen LogP contribution >= 0.6 is 0 Å². The number of carbonyl (C=O) groups is 1. The van der Waals surface area contributed by atoms with Crippen LogP contribution in [0.4, 0.5) is 0 Å². The number of fused-ring (bicyclic) bond motifs is 1. The van der Waals surface area contributed by atoms with Gasteiger partial charge in [0, 0.05) is 5.41 Å². The molecule has 0 aromatic carbocycles. The van der Waals surface area contributed by atoms with Gasteiger partial charge in [-0.15, -0.1) is 0 Å². The van der Waals surface area contributed by atoms with E-state index in [1.165, 1.54) is 12.8 Å². The molecular formula is C11H16O. The lowest BCUT2D eigenvalue weighted by Crippen LogP contribution is -2.34. The second-order valence-electron chi connectivity index (χ2n) is 4.63. The Morgan fingerprint density at radius 2 is 2.33 bits per heavy atom. The molecule has 2 aliphatic rings. The van der Waals surface area contributed by atoms with E-state index in [-0.39, 0.29) is 5.41 Å². The van der Waals surface area contributed by atoms with Gasteiger partial charge in [-0.3, -0.25) is 4.79 Å². The zero-order valence-electron chi connectivity index (χ0n) is 7.84. The maximum absolute atomic E-state index is 11.6. The minimum absolute atomic E-state index is 0.0213. The molecule has 1 fully saturated rings. The number of hydrogen-bond acceptors (Lipinski definition) is 1. The number of carbonyl (C=O) groups excluding carboxylic acids is 1. The summed E-state index contributed by atoms with van der Waals surface area (Å²) in [6, 6.07) is 0. The van der Waals surface area contributed by atoms with Crippen molar-refractivity contribution in [3.05, 3.63) is 12.2 Å². The van der Waals surface area contributed by atoms with E-state index in [1.807, 2.05) is 0 Å². The topological polar surface area (TPSA) is 17.1 Å². The van der Waals surface area contributed by atoms with Gasteiger partial charge in [0.15, 0.2) is 5.78 Å². The molecule has 0 radical (unpaired) electrons. The van der Waals surface area contributed by atoms with E-state index >= 15 is 0 Å². The smallest absolute Gasteiger partial charge is 0.161 e. The minimum atomic E-state index is -0.0213. The molecule has 12 heavy (non-hydrogen) atoms. The SMILES string of the molecule is C[C@H]1CC[C@]2(C)C(=O)C=C[C@H]2C1. The van der Waals surface area contributed by atoms with Crippen molar-refractivity contribution in [2.24, 2.45) is 17.3 Å². The number of rotatable bonds is 0. The Labute approximate surface area is 73.8 Å². The molecule has 0 heterocycles. The van der Waals surface area contributed by atoms with Crippen LogP contribution in [0, 0.1) is 17.3 Å². The summed E-state index contributed by atoms with van der Waals surface area (Å²) in [5.74, 6) is 1.70. The van der Waals surface area contributed by atoms with Crippen LogP contribution < -0.4 is 0 Å². The van der Waals surface area contributed by atoms with Gasteiger partial charge >= 0.3 is 0 Å². The van der Waals surface area contributed by atoms with Gasteiger partial charge < -0.3 is 0 Å². The molecule has 0 N–H and O–H groups in total. The Morgan fingerprint density at radius 1 is 1.58 bits per heavy atom. The monoisotopic (exact) mass is 164 g/mol. The Balaban J connectivity index is 2.23. The lowest BCUT2D eigenvalue weighted by molar-refractivity contribution is -0.125. The van der Waals surface area contributed by atoms with Crippen LogP contribution in [-0.4, -0.2) is 5.78 Å². The lowest BCUT2D eigenvalue weighted by Gasteiger charge is -2.37. The van der Waals surface area contributed by atoms with Crippen molar-refractivity contribution < 1.29 is 4.79 Å². The molecule has 0 aromatic rings. The summed E-state index contributed by atoms with van der Waals surface area (Å²) < 4.78 is 0. The maximum atomic E-state index is 11.6. The van der Waals surface area contributed by atoms with Gasteiger partial charge in [-0.05, 0) is 37.2 Å². The number of ketones is 1. The molecule has 1 nitrogen and oxygen atoms in total. The van der Waals surface area contributed by atoms with Crippen molar-refractivity contribution in [1.29, 1.82) is 0 Å². The quantitative estimate of drug-likeness (QED) is 0.537. The zero-order chi connectivity index (χ0) is 8.77. The van der Waals surface area contributed by atoms with Crippen molar-refractivity contribution in [1.82, 2.24) is 0 Å². The summed E-state index contributed by atoms with van der Waals surface area (Å²) in [5.41, 5.74) is -0.0213. The molecule has 0 aromatic heterocycles. The Bertz CT molecular complexity index is 241. The normalized spacial score (nSPS) is 46.3. The van der Waals surface area contributed by atoms with Gasteiger partial charge in [0.2, 0.25) is 0 Å². The Kier molecular flexibility index (Phi) is 1.64. The van der Waals surface area contributed by atoms with Crippen molar-refractivity contribution in [3.8, 4) is 0 Å². The summed E-state index contributed by atoms with van der Waals surface area (Å²) in [7, 11) is 0. The lowest BCUT2D eigenvalue weighted by atomic mass is 9.66. The first-order chi connectivity index (χ1) is 5.63. The van der Waals surface area contributed by atoms with Crippen molar-refractivity contribution in [2.45, 2.75) is 33.1 Å². The first-order valence-electron chi connectivity index (χ1n) is 4.85. The van der Waals surface area contributed by atoms with Crippen molar-refractivity contribution in [2.75, 3.05) is 0 Å². The average molecular weight is 164 g/mol. The summed E-state index contributed by atoms with van der Waals surface area (Å²) in [6.45, 7) is 4.42. The van der Waals surface area contributed by atoms with Crippen LogP contribution in [0.5, 0.6) is 0 Å². The Morgan fingerprint density at radius 3 is 3.08 bits per heavy atom. The second-order valence-corrected chi connectivity index (χ2v) is 4.63. The molecule has 66 valence electrons. The van der Waals surface area contributed by atoms with E-state index in [9.17, 15) is 4.79 Å². The van der Waals surface area contributed by atoms with Crippen molar-refractivity contribution >= 4 is 5.78 Å². The van der Waals surface area contributed by atoms with E-state index in [1.54, 1.807) is 6.08 Å². The molecular weight excluding hydrogens is 148 g/mol. The highest BCUT2D eigenvalue weighted by atomic mass is 16.1. The fourth-order valence-corrected chi connectivity index (χ4v) is 2.53. The molecule has 3 atom stereocenters. The van der Waals surface area contributed by atoms with Crippen LogP contribution in [0.3, 0.4) is 0 Å². The predicted molar refractivity (Wildman–Crippen MR) is 48.8 cm³/mol. The fourth-order valence-electron chi connectivity index (χ4n) is 2.53.